The average Bonchev–Trinajstić information content (AvgIpc) is 2.51. The summed E-state index contributed by atoms with van der Waals surface area (Å²) < 4.78 is 5.30. The smallest absolute Gasteiger partial charge is 0.177 e. The maximum atomic E-state index is 5.50. The second-order valence-electron chi connectivity index (χ2n) is 2.83. The van der Waals surface area contributed by atoms with Crippen LogP contribution in [0.1, 0.15) is 19.3 Å². The Morgan fingerprint density at radius 2 is 2.33 bits per heavy atom. The number of thioether (sulfide) groups is 1. The highest BCUT2D eigenvalue weighted by Crippen LogP contribution is 2.31. The van der Waals surface area contributed by atoms with Crippen LogP contribution < -0.4 is 11.6 Å². The van der Waals surface area contributed by atoms with Gasteiger partial charge in [-0.1, -0.05) is 11.8 Å². The van der Waals surface area contributed by atoms with Crippen LogP contribution in [0, 0.1) is 0 Å². The number of nitrogens with zero attached hydrogens (tertiary/aromatic N) is 1. The molecule has 0 spiro atoms. The molecule has 0 saturated heterocycles. The standard InChI is InChI=1S/C7H15N3OS/c1-11-5-3-2-4-6(5)12-7(8)10-9/h5-6H,2-4,9H2,1H3,(H2,8,10). The number of hydrogen-bond donors (Lipinski definition) is 2. The lowest BCUT2D eigenvalue weighted by molar-refractivity contribution is 0.113. The number of hydrazone groups is 1. The van der Waals surface area contributed by atoms with Crippen molar-refractivity contribution in [2.75, 3.05) is 7.11 Å². The number of rotatable bonds is 2. The summed E-state index contributed by atoms with van der Waals surface area (Å²) in [5.41, 5.74) is 5.50. The van der Waals surface area contributed by atoms with Gasteiger partial charge in [-0.3, -0.25) is 0 Å². The topological polar surface area (TPSA) is 73.6 Å². The molecule has 2 unspecified atom stereocenters. The van der Waals surface area contributed by atoms with Gasteiger partial charge in [0.15, 0.2) is 5.17 Å². The van der Waals surface area contributed by atoms with Gasteiger partial charge in [0, 0.05) is 12.4 Å². The van der Waals surface area contributed by atoms with Gasteiger partial charge in [-0.2, -0.15) is 5.10 Å². The molecule has 0 aromatic rings. The van der Waals surface area contributed by atoms with Crippen molar-refractivity contribution in [3.05, 3.63) is 0 Å². The average molecular weight is 189 g/mol. The third-order valence-electron chi connectivity index (χ3n) is 2.09. The molecule has 0 aromatic carbocycles. The molecule has 0 aromatic heterocycles. The molecule has 2 atom stereocenters. The van der Waals surface area contributed by atoms with E-state index in [1.807, 2.05) is 0 Å². The molecule has 0 radical (unpaired) electrons. The molecule has 1 aliphatic rings. The molecule has 0 bridgehead atoms. The largest absolute Gasteiger partial charge is 0.380 e. The van der Waals surface area contributed by atoms with Crippen LogP contribution in [0.5, 0.6) is 0 Å². The fourth-order valence-electron chi connectivity index (χ4n) is 1.48. The van der Waals surface area contributed by atoms with Gasteiger partial charge in [-0.25, -0.2) is 0 Å². The Kier molecular flexibility index (Phi) is 3.68. The van der Waals surface area contributed by atoms with E-state index in [0.717, 1.165) is 12.8 Å². The van der Waals surface area contributed by atoms with E-state index in [-0.39, 0.29) is 0 Å². The van der Waals surface area contributed by atoms with Crippen molar-refractivity contribution in [2.24, 2.45) is 16.7 Å². The number of amidine groups is 1. The lowest BCUT2D eigenvalue weighted by Gasteiger charge is -2.16. The summed E-state index contributed by atoms with van der Waals surface area (Å²) in [5.74, 6) is 5.04. The molecule has 4 N–H and O–H groups in total. The van der Waals surface area contributed by atoms with E-state index >= 15 is 0 Å². The first kappa shape index (κ1) is 9.67. The monoisotopic (exact) mass is 189 g/mol. The van der Waals surface area contributed by atoms with Crippen molar-refractivity contribution in [2.45, 2.75) is 30.6 Å². The molecule has 12 heavy (non-hydrogen) atoms. The van der Waals surface area contributed by atoms with Crippen LogP contribution in [0.15, 0.2) is 5.10 Å². The Morgan fingerprint density at radius 1 is 1.58 bits per heavy atom. The molecule has 1 saturated carbocycles. The molecule has 4 nitrogen and oxygen atoms in total. The summed E-state index contributed by atoms with van der Waals surface area (Å²) in [4.78, 5) is 0. The van der Waals surface area contributed by atoms with Crippen molar-refractivity contribution in [1.82, 2.24) is 0 Å². The number of methoxy groups -OCH3 is 1. The second kappa shape index (κ2) is 4.57. The van der Waals surface area contributed by atoms with E-state index in [1.54, 1.807) is 7.11 Å². The number of ether oxygens (including phenoxy) is 1. The Balaban J connectivity index is 2.40. The summed E-state index contributed by atoms with van der Waals surface area (Å²) in [5, 5.41) is 4.30. The molecule has 0 amide bonds. The molecule has 0 aliphatic heterocycles. The Morgan fingerprint density at radius 3 is 2.92 bits per heavy atom. The van der Waals surface area contributed by atoms with E-state index in [2.05, 4.69) is 5.10 Å². The van der Waals surface area contributed by atoms with Crippen LogP contribution in [0.4, 0.5) is 0 Å². The van der Waals surface area contributed by atoms with Crippen LogP contribution in [0.25, 0.3) is 0 Å². The first-order chi connectivity index (χ1) is 5.77. The second-order valence-corrected chi connectivity index (χ2v) is 4.09. The summed E-state index contributed by atoms with van der Waals surface area (Å²) >= 11 is 1.52. The van der Waals surface area contributed by atoms with Gasteiger partial charge in [0.2, 0.25) is 0 Å². The third-order valence-corrected chi connectivity index (χ3v) is 3.28. The Bertz CT molecular complexity index is 174. The van der Waals surface area contributed by atoms with Crippen molar-refractivity contribution >= 4 is 16.9 Å². The van der Waals surface area contributed by atoms with Crippen molar-refractivity contribution in [3.8, 4) is 0 Å². The normalized spacial score (nSPS) is 30.9. The van der Waals surface area contributed by atoms with Gasteiger partial charge in [-0.05, 0) is 19.3 Å². The van der Waals surface area contributed by atoms with Gasteiger partial charge >= 0.3 is 0 Å². The maximum absolute atomic E-state index is 5.50. The zero-order valence-corrected chi connectivity index (χ0v) is 8.01. The predicted octanol–water partition coefficient (Wildman–Crippen LogP) is 0.476. The van der Waals surface area contributed by atoms with Gasteiger partial charge in [0.25, 0.3) is 0 Å². The minimum Gasteiger partial charge on any atom is -0.380 e. The SMILES string of the molecule is COC1CCCC1S/C(N)=N/N. The quantitative estimate of drug-likeness (QED) is 0.287. The summed E-state index contributed by atoms with van der Waals surface area (Å²) in [7, 11) is 1.74. The van der Waals surface area contributed by atoms with Crippen LogP contribution in [0.3, 0.4) is 0 Å². The predicted molar refractivity (Wildman–Crippen MR) is 51.8 cm³/mol. The molecule has 1 fully saturated rings. The lowest BCUT2D eigenvalue weighted by atomic mass is 10.3. The van der Waals surface area contributed by atoms with Crippen LogP contribution in [-0.4, -0.2) is 23.6 Å². The third kappa shape index (κ3) is 2.28. The van der Waals surface area contributed by atoms with Crippen molar-refractivity contribution < 1.29 is 4.74 Å². The summed E-state index contributed by atoms with van der Waals surface area (Å²) in [6, 6.07) is 0. The van der Waals surface area contributed by atoms with Gasteiger partial charge in [-0.15, -0.1) is 0 Å². The molecular formula is C7H15N3OS. The fourth-order valence-corrected chi connectivity index (χ4v) is 2.54. The lowest BCUT2D eigenvalue weighted by Crippen LogP contribution is -2.23. The highest BCUT2D eigenvalue weighted by Gasteiger charge is 2.28. The van der Waals surface area contributed by atoms with E-state index in [4.69, 9.17) is 16.3 Å². The first-order valence-corrected chi connectivity index (χ1v) is 4.88. The van der Waals surface area contributed by atoms with Gasteiger partial charge in [0.05, 0.1) is 6.10 Å². The highest BCUT2D eigenvalue weighted by atomic mass is 32.2. The van der Waals surface area contributed by atoms with Crippen molar-refractivity contribution in [3.63, 3.8) is 0 Å². The molecular weight excluding hydrogens is 174 g/mol. The van der Waals surface area contributed by atoms with Gasteiger partial charge < -0.3 is 16.3 Å². The van der Waals surface area contributed by atoms with E-state index < -0.39 is 0 Å². The van der Waals surface area contributed by atoms with Gasteiger partial charge in [0.1, 0.15) is 0 Å². The Labute approximate surface area is 76.7 Å². The van der Waals surface area contributed by atoms with Crippen molar-refractivity contribution in [1.29, 1.82) is 0 Å². The number of nitrogens with two attached hydrogens (primary N) is 2. The molecule has 70 valence electrons. The molecule has 1 rings (SSSR count). The zero-order chi connectivity index (χ0) is 8.97. The number of hydrogen-bond acceptors (Lipinski definition) is 4. The molecule has 0 heterocycles. The van der Waals surface area contributed by atoms with Crippen LogP contribution in [-0.2, 0) is 4.74 Å². The highest BCUT2D eigenvalue weighted by molar-refractivity contribution is 8.14. The minimum absolute atomic E-state index is 0.315. The Hall–Kier alpha value is -0.420. The minimum atomic E-state index is 0.315. The summed E-state index contributed by atoms with van der Waals surface area (Å²) in [6.45, 7) is 0. The first-order valence-electron chi connectivity index (χ1n) is 4.00. The van der Waals surface area contributed by atoms with Crippen LogP contribution >= 0.6 is 11.8 Å². The van der Waals surface area contributed by atoms with E-state index in [1.165, 1.54) is 18.2 Å². The van der Waals surface area contributed by atoms with E-state index in [9.17, 15) is 0 Å². The molecule has 5 heteroatoms. The molecule has 1 aliphatic carbocycles. The van der Waals surface area contributed by atoms with E-state index in [0.29, 0.717) is 16.5 Å². The maximum Gasteiger partial charge on any atom is 0.177 e. The van der Waals surface area contributed by atoms with Crippen LogP contribution in [0.2, 0.25) is 0 Å². The zero-order valence-electron chi connectivity index (χ0n) is 7.19. The fraction of sp³-hybridized carbons (Fsp3) is 0.857. The summed E-state index contributed by atoms with van der Waals surface area (Å²) in [6.07, 6.45) is 3.77.